The van der Waals surface area contributed by atoms with E-state index in [0.29, 0.717) is 6.04 Å². The average Bonchev–Trinajstić information content (AvgIpc) is 2.49. The molecule has 0 amide bonds. The van der Waals surface area contributed by atoms with Crippen molar-refractivity contribution < 1.29 is 4.74 Å². The first-order valence-corrected chi connectivity index (χ1v) is 5.81. The zero-order chi connectivity index (χ0) is 10.7. The summed E-state index contributed by atoms with van der Waals surface area (Å²) >= 11 is 0. The van der Waals surface area contributed by atoms with Gasteiger partial charge in [0.2, 0.25) is 0 Å². The predicted molar refractivity (Wildman–Crippen MR) is 60.5 cm³/mol. The van der Waals surface area contributed by atoms with Crippen LogP contribution in [0.1, 0.15) is 34.1 Å². The van der Waals surface area contributed by atoms with Gasteiger partial charge in [-0.3, -0.25) is 4.90 Å². The summed E-state index contributed by atoms with van der Waals surface area (Å²) in [4.78, 5) is 2.63. The van der Waals surface area contributed by atoms with Crippen molar-refractivity contribution in [2.45, 2.75) is 46.2 Å². The third-order valence-electron chi connectivity index (χ3n) is 3.31. The van der Waals surface area contributed by atoms with Crippen LogP contribution in [0, 0.1) is 11.8 Å². The van der Waals surface area contributed by atoms with E-state index in [1.54, 1.807) is 0 Å². The third-order valence-corrected chi connectivity index (χ3v) is 3.31. The summed E-state index contributed by atoms with van der Waals surface area (Å²) in [6.07, 6.45) is 1.31. The van der Waals surface area contributed by atoms with E-state index in [1.165, 1.54) is 13.0 Å². The minimum atomic E-state index is 0.671. The van der Waals surface area contributed by atoms with Crippen molar-refractivity contribution in [3.63, 3.8) is 0 Å². The lowest BCUT2D eigenvalue weighted by molar-refractivity contribution is 0.143. The zero-order valence-corrected chi connectivity index (χ0v) is 10.3. The highest BCUT2D eigenvalue weighted by Crippen LogP contribution is 2.29. The number of likely N-dealkylation sites (tertiary alicyclic amines) is 1. The molecule has 14 heavy (non-hydrogen) atoms. The van der Waals surface area contributed by atoms with Gasteiger partial charge in [0, 0.05) is 25.7 Å². The lowest BCUT2D eigenvalue weighted by Crippen LogP contribution is -2.38. The van der Waals surface area contributed by atoms with E-state index in [4.69, 9.17) is 4.74 Å². The fourth-order valence-electron chi connectivity index (χ4n) is 2.59. The zero-order valence-electron chi connectivity index (χ0n) is 10.3. The minimum absolute atomic E-state index is 0.671. The molecule has 2 heteroatoms. The summed E-state index contributed by atoms with van der Waals surface area (Å²) in [6, 6.07) is 1.43. The van der Waals surface area contributed by atoms with Gasteiger partial charge in [-0.1, -0.05) is 13.8 Å². The molecule has 1 fully saturated rings. The summed E-state index contributed by atoms with van der Waals surface area (Å²) in [5, 5.41) is 0. The second kappa shape index (κ2) is 5.13. The van der Waals surface area contributed by atoms with Crippen molar-refractivity contribution in [2.24, 2.45) is 11.8 Å². The molecule has 84 valence electrons. The van der Waals surface area contributed by atoms with E-state index in [2.05, 4.69) is 32.6 Å². The van der Waals surface area contributed by atoms with Crippen molar-refractivity contribution in [3.8, 4) is 0 Å². The highest BCUT2D eigenvalue weighted by Gasteiger charge is 2.34. The summed E-state index contributed by atoms with van der Waals surface area (Å²) in [7, 11) is 1.81. The molecule has 2 atom stereocenters. The van der Waals surface area contributed by atoms with E-state index >= 15 is 0 Å². The molecule has 1 aliphatic rings. The molecule has 0 aromatic heterocycles. The molecular weight excluding hydrogens is 174 g/mol. The van der Waals surface area contributed by atoms with Gasteiger partial charge in [0.25, 0.3) is 0 Å². The minimum Gasteiger partial charge on any atom is -0.384 e. The van der Waals surface area contributed by atoms with E-state index < -0.39 is 0 Å². The maximum atomic E-state index is 5.26. The summed E-state index contributed by atoms with van der Waals surface area (Å²) in [5.41, 5.74) is 0. The van der Waals surface area contributed by atoms with Crippen molar-refractivity contribution in [3.05, 3.63) is 0 Å². The van der Waals surface area contributed by atoms with Crippen LogP contribution in [0.15, 0.2) is 0 Å². The van der Waals surface area contributed by atoms with Gasteiger partial charge >= 0.3 is 0 Å². The van der Waals surface area contributed by atoms with Gasteiger partial charge in [0.15, 0.2) is 0 Å². The summed E-state index contributed by atoms with van der Waals surface area (Å²) in [6.45, 7) is 11.4. The summed E-state index contributed by atoms with van der Waals surface area (Å²) in [5.74, 6) is 1.51. The topological polar surface area (TPSA) is 12.5 Å². The van der Waals surface area contributed by atoms with Crippen LogP contribution in [0.3, 0.4) is 0 Å². The smallest absolute Gasteiger partial charge is 0.0503 e. The quantitative estimate of drug-likeness (QED) is 0.689. The maximum absolute atomic E-state index is 5.26. The Morgan fingerprint density at radius 2 is 1.93 bits per heavy atom. The molecule has 1 aliphatic heterocycles. The monoisotopic (exact) mass is 199 g/mol. The van der Waals surface area contributed by atoms with Gasteiger partial charge in [-0.25, -0.2) is 0 Å². The van der Waals surface area contributed by atoms with Gasteiger partial charge in [-0.2, -0.15) is 0 Å². The molecule has 0 saturated carbocycles. The van der Waals surface area contributed by atoms with Crippen LogP contribution in [0.4, 0.5) is 0 Å². The molecule has 1 rings (SSSR count). The standard InChI is InChI=1S/C12H25NO/c1-9(2)12-6-11(8-14-5)7-13(12)10(3)4/h9-12H,6-8H2,1-5H3. The van der Waals surface area contributed by atoms with Gasteiger partial charge in [0.05, 0.1) is 6.61 Å². The van der Waals surface area contributed by atoms with Crippen molar-refractivity contribution in [1.82, 2.24) is 4.90 Å². The fourth-order valence-corrected chi connectivity index (χ4v) is 2.59. The molecule has 0 bridgehead atoms. The van der Waals surface area contributed by atoms with E-state index in [1.807, 2.05) is 7.11 Å². The van der Waals surface area contributed by atoms with E-state index in [0.717, 1.165) is 24.5 Å². The Kier molecular flexibility index (Phi) is 4.39. The first-order chi connectivity index (χ1) is 6.56. The normalized spacial score (nSPS) is 29.4. The molecule has 2 unspecified atom stereocenters. The molecule has 1 saturated heterocycles. The number of ether oxygens (including phenoxy) is 1. The average molecular weight is 199 g/mol. The summed E-state index contributed by atoms with van der Waals surface area (Å²) < 4.78 is 5.26. The highest BCUT2D eigenvalue weighted by molar-refractivity contribution is 4.88. The van der Waals surface area contributed by atoms with Crippen LogP contribution in [0.2, 0.25) is 0 Å². The molecule has 0 N–H and O–H groups in total. The number of nitrogens with zero attached hydrogens (tertiary/aromatic N) is 1. The van der Waals surface area contributed by atoms with Crippen molar-refractivity contribution in [2.75, 3.05) is 20.3 Å². The predicted octanol–water partition coefficient (Wildman–Crippen LogP) is 2.39. The molecule has 2 nitrogen and oxygen atoms in total. The number of hydrogen-bond donors (Lipinski definition) is 0. The molecular formula is C12H25NO. The second-order valence-electron chi connectivity index (χ2n) is 5.16. The van der Waals surface area contributed by atoms with Crippen molar-refractivity contribution in [1.29, 1.82) is 0 Å². The molecule has 0 radical (unpaired) electrons. The Labute approximate surface area is 88.6 Å². The second-order valence-corrected chi connectivity index (χ2v) is 5.16. The van der Waals surface area contributed by atoms with E-state index in [9.17, 15) is 0 Å². The van der Waals surface area contributed by atoms with Crippen molar-refractivity contribution >= 4 is 0 Å². The number of methoxy groups -OCH3 is 1. The molecule has 0 aliphatic carbocycles. The van der Waals surface area contributed by atoms with Gasteiger partial charge in [-0.05, 0) is 32.1 Å². The van der Waals surface area contributed by atoms with Crippen LogP contribution in [-0.4, -0.2) is 37.2 Å². The molecule has 0 aromatic carbocycles. The molecule has 0 aromatic rings. The molecule has 1 heterocycles. The maximum Gasteiger partial charge on any atom is 0.0503 e. The van der Waals surface area contributed by atoms with Gasteiger partial charge in [0.1, 0.15) is 0 Å². The van der Waals surface area contributed by atoms with Crippen LogP contribution in [0.25, 0.3) is 0 Å². The molecule has 0 spiro atoms. The third kappa shape index (κ3) is 2.71. The number of hydrogen-bond acceptors (Lipinski definition) is 2. The van der Waals surface area contributed by atoms with Crippen LogP contribution in [-0.2, 0) is 4.74 Å². The van der Waals surface area contributed by atoms with Crippen LogP contribution < -0.4 is 0 Å². The first kappa shape index (κ1) is 12.0. The van der Waals surface area contributed by atoms with Gasteiger partial charge < -0.3 is 4.74 Å². The Morgan fingerprint density at radius 1 is 1.29 bits per heavy atom. The van der Waals surface area contributed by atoms with E-state index in [-0.39, 0.29) is 0 Å². The lowest BCUT2D eigenvalue weighted by atomic mass is 9.97. The van der Waals surface area contributed by atoms with Gasteiger partial charge in [-0.15, -0.1) is 0 Å². The van der Waals surface area contributed by atoms with Crippen LogP contribution in [0.5, 0.6) is 0 Å². The Bertz CT molecular complexity index is 152. The Hall–Kier alpha value is -0.0800. The lowest BCUT2D eigenvalue weighted by Gasteiger charge is -2.30. The fraction of sp³-hybridized carbons (Fsp3) is 1.00. The van der Waals surface area contributed by atoms with Crippen LogP contribution >= 0.6 is 0 Å². The Morgan fingerprint density at radius 3 is 2.29 bits per heavy atom. The largest absolute Gasteiger partial charge is 0.384 e. The first-order valence-electron chi connectivity index (χ1n) is 5.81. The SMILES string of the molecule is COCC1CC(C(C)C)N(C(C)C)C1. The Balaban J connectivity index is 2.56. The number of rotatable bonds is 4. The highest BCUT2D eigenvalue weighted by atomic mass is 16.5.